The number of anilines is 1. The maximum absolute atomic E-state index is 9.82. The highest BCUT2D eigenvalue weighted by Crippen LogP contribution is 2.35. The molecule has 1 aromatic rings. The molecule has 0 aromatic heterocycles. The molecular formula is C17H27NO. The highest BCUT2D eigenvalue weighted by molar-refractivity contribution is 5.48. The average molecular weight is 261 g/mol. The molecule has 106 valence electrons. The van der Waals surface area contributed by atoms with Crippen molar-refractivity contribution in [3.05, 3.63) is 29.8 Å². The zero-order chi connectivity index (χ0) is 13.9. The molecule has 2 nitrogen and oxygen atoms in total. The molecule has 1 aliphatic heterocycles. The Hall–Kier alpha value is -1.02. The molecule has 19 heavy (non-hydrogen) atoms. The Morgan fingerprint density at radius 1 is 1.16 bits per heavy atom. The summed E-state index contributed by atoms with van der Waals surface area (Å²) in [5, 5.41) is 9.82. The zero-order valence-corrected chi connectivity index (χ0v) is 12.5. The van der Waals surface area contributed by atoms with Crippen LogP contribution in [0.25, 0.3) is 0 Å². The predicted molar refractivity (Wildman–Crippen MR) is 81.5 cm³/mol. The van der Waals surface area contributed by atoms with Gasteiger partial charge in [-0.25, -0.2) is 0 Å². The second-order valence-electron chi connectivity index (χ2n) is 6.17. The van der Waals surface area contributed by atoms with E-state index >= 15 is 0 Å². The van der Waals surface area contributed by atoms with Crippen LogP contribution in [0.3, 0.4) is 0 Å². The number of piperidine rings is 1. The van der Waals surface area contributed by atoms with E-state index in [0.29, 0.717) is 5.41 Å². The minimum absolute atomic E-state index is 0.321. The first-order valence-electron chi connectivity index (χ1n) is 7.61. The van der Waals surface area contributed by atoms with E-state index in [1.807, 2.05) is 6.92 Å². The van der Waals surface area contributed by atoms with E-state index < -0.39 is 0 Å². The quantitative estimate of drug-likeness (QED) is 0.880. The number of benzene rings is 1. The van der Waals surface area contributed by atoms with Crippen molar-refractivity contribution in [3.63, 3.8) is 0 Å². The van der Waals surface area contributed by atoms with Crippen LogP contribution in [-0.2, 0) is 0 Å². The third-order valence-corrected chi connectivity index (χ3v) is 4.85. The summed E-state index contributed by atoms with van der Waals surface area (Å²) >= 11 is 0. The maximum Gasteiger partial charge on any atom is 0.0787 e. The van der Waals surface area contributed by atoms with Gasteiger partial charge in [0.25, 0.3) is 0 Å². The smallest absolute Gasteiger partial charge is 0.0787 e. The van der Waals surface area contributed by atoms with Gasteiger partial charge in [-0.1, -0.05) is 39.3 Å². The Bertz CT molecular complexity index is 390. The summed E-state index contributed by atoms with van der Waals surface area (Å²) < 4.78 is 0. The molecule has 1 fully saturated rings. The van der Waals surface area contributed by atoms with Crippen LogP contribution in [0.4, 0.5) is 5.69 Å². The molecule has 1 aromatic carbocycles. The van der Waals surface area contributed by atoms with Crippen LogP contribution in [0.5, 0.6) is 0 Å². The van der Waals surface area contributed by atoms with E-state index in [9.17, 15) is 5.11 Å². The lowest BCUT2D eigenvalue weighted by molar-refractivity contribution is 0.173. The monoisotopic (exact) mass is 261 g/mol. The molecule has 1 atom stereocenters. The van der Waals surface area contributed by atoms with Crippen molar-refractivity contribution in [2.24, 2.45) is 5.41 Å². The molecule has 0 spiro atoms. The fourth-order valence-corrected chi connectivity index (χ4v) is 2.80. The summed E-state index contributed by atoms with van der Waals surface area (Å²) in [6.07, 6.45) is 4.30. The van der Waals surface area contributed by atoms with Crippen LogP contribution in [0, 0.1) is 5.41 Å². The largest absolute Gasteiger partial charge is 0.388 e. The number of aliphatic hydroxyl groups excluding tert-OH is 1. The fourth-order valence-electron chi connectivity index (χ4n) is 2.80. The van der Waals surface area contributed by atoms with Crippen LogP contribution < -0.4 is 4.90 Å². The highest BCUT2D eigenvalue weighted by atomic mass is 16.3. The van der Waals surface area contributed by atoms with Gasteiger partial charge in [0.15, 0.2) is 0 Å². The summed E-state index contributed by atoms with van der Waals surface area (Å²) in [5.41, 5.74) is 2.86. The molecular weight excluding hydrogens is 234 g/mol. The molecule has 1 aliphatic rings. The molecule has 0 amide bonds. The van der Waals surface area contributed by atoms with Gasteiger partial charge in [0.05, 0.1) is 6.10 Å². The Morgan fingerprint density at radius 3 is 2.21 bits per heavy atom. The first kappa shape index (κ1) is 14.4. The van der Waals surface area contributed by atoms with Gasteiger partial charge in [-0.05, 0) is 42.4 Å². The van der Waals surface area contributed by atoms with E-state index in [1.165, 1.54) is 24.9 Å². The second kappa shape index (κ2) is 5.96. The standard InChI is InChI=1S/C17H27NO/c1-4-16(19)14-6-8-15(9-7-14)18-12-10-17(3,5-2)11-13-18/h6-9,16,19H,4-5,10-13H2,1-3H3/t16-/m1/s1. The van der Waals surface area contributed by atoms with Gasteiger partial charge in [0.2, 0.25) is 0 Å². The van der Waals surface area contributed by atoms with Crippen molar-refractivity contribution >= 4 is 5.69 Å². The predicted octanol–water partition coefficient (Wildman–Crippen LogP) is 4.15. The number of hydrogen-bond donors (Lipinski definition) is 1. The summed E-state index contributed by atoms with van der Waals surface area (Å²) in [4.78, 5) is 2.47. The number of aliphatic hydroxyl groups is 1. The molecule has 0 unspecified atom stereocenters. The SMILES string of the molecule is CC[C@@H](O)c1ccc(N2CCC(C)(CC)CC2)cc1. The summed E-state index contributed by atoms with van der Waals surface area (Å²) in [5.74, 6) is 0. The number of rotatable bonds is 4. The molecule has 0 aliphatic carbocycles. The van der Waals surface area contributed by atoms with E-state index in [2.05, 4.69) is 43.0 Å². The van der Waals surface area contributed by atoms with E-state index in [-0.39, 0.29) is 6.10 Å². The van der Waals surface area contributed by atoms with Gasteiger partial charge in [-0.2, -0.15) is 0 Å². The van der Waals surface area contributed by atoms with Crippen LogP contribution >= 0.6 is 0 Å². The van der Waals surface area contributed by atoms with Gasteiger partial charge in [0, 0.05) is 18.8 Å². The van der Waals surface area contributed by atoms with Crippen molar-refractivity contribution in [2.75, 3.05) is 18.0 Å². The normalized spacial score (nSPS) is 20.3. The minimum Gasteiger partial charge on any atom is -0.388 e. The molecule has 1 N–H and O–H groups in total. The summed E-state index contributed by atoms with van der Waals surface area (Å²) in [6, 6.07) is 8.44. The van der Waals surface area contributed by atoms with Crippen molar-refractivity contribution in [1.29, 1.82) is 0 Å². The Balaban J connectivity index is 2.00. The maximum atomic E-state index is 9.82. The third-order valence-electron chi connectivity index (χ3n) is 4.85. The molecule has 0 saturated carbocycles. The van der Waals surface area contributed by atoms with Crippen molar-refractivity contribution in [3.8, 4) is 0 Å². The van der Waals surface area contributed by atoms with Crippen LogP contribution in [0.2, 0.25) is 0 Å². The Labute approximate surface area is 117 Å². The minimum atomic E-state index is -0.321. The second-order valence-corrected chi connectivity index (χ2v) is 6.17. The van der Waals surface area contributed by atoms with E-state index in [1.54, 1.807) is 0 Å². The zero-order valence-electron chi connectivity index (χ0n) is 12.5. The molecule has 2 heteroatoms. The molecule has 1 saturated heterocycles. The fraction of sp³-hybridized carbons (Fsp3) is 0.647. The van der Waals surface area contributed by atoms with Gasteiger partial charge in [-0.15, -0.1) is 0 Å². The van der Waals surface area contributed by atoms with Gasteiger partial charge in [0.1, 0.15) is 0 Å². The first-order chi connectivity index (χ1) is 9.08. The van der Waals surface area contributed by atoms with Gasteiger partial charge in [-0.3, -0.25) is 0 Å². The van der Waals surface area contributed by atoms with Gasteiger partial charge >= 0.3 is 0 Å². The molecule has 1 heterocycles. The topological polar surface area (TPSA) is 23.5 Å². The number of nitrogens with zero attached hydrogens (tertiary/aromatic N) is 1. The lowest BCUT2D eigenvalue weighted by Crippen LogP contribution is -2.38. The lowest BCUT2D eigenvalue weighted by Gasteiger charge is -2.40. The van der Waals surface area contributed by atoms with Crippen molar-refractivity contribution in [2.45, 2.75) is 52.6 Å². The Morgan fingerprint density at radius 2 is 1.74 bits per heavy atom. The van der Waals surface area contributed by atoms with Crippen LogP contribution in [0.1, 0.15) is 58.1 Å². The van der Waals surface area contributed by atoms with Crippen LogP contribution in [-0.4, -0.2) is 18.2 Å². The summed E-state index contributed by atoms with van der Waals surface area (Å²) in [6.45, 7) is 9.02. The molecule has 0 radical (unpaired) electrons. The Kier molecular flexibility index (Phi) is 4.51. The van der Waals surface area contributed by atoms with Crippen molar-refractivity contribution in [1.82, 2.24) is 0 Å². The summed E-state index contributed by atoms with van der Waals surface area (Å²) in [7, 11) is 0. The van der Waals surface area contributed by atoms with Crippen molar-refractivity contribution < 1.29 is 5.11 Å². The lowest BCUT2D eigenvalue weighted by atomic mass is 9.78. The molecule has 2 rings (SSSR count). The van der Waals surface area contributed by atoms with Crippen LogP contribution in [0.15, 0.2) is 24.3 Å². The molecule has 0 bridgehead atoms. The van der Waals surface area contributed by atoms with Gasteiger partial charge < -0.3 is 10.0 Å². The van der Waals surface area contributed by atoms with E-state index in [4.69, 9.17) is 0 Å². The number of hydrogen-bond acceptors (Lipinski definition) is 2. The average Bonchev–Trinajstić information content (AvgIpc) is 2.47. The first-order valence-corrected chi connectivity index (χ1v) is 7.61. The van der Waals surface area contributed by atoms with E-state index in [0.717, 1.165) is 25.1 Å². The highest BCUT2D eigenvalue weighted by Gasteiger charge is 2.28. The third kappa shape index (κ3) is 3.30.